The van der Waals surface area contributed by atoms with Crippen molar-refractivity contribution in [3.05, 3.63) is 34.4 Å². The molecule has 0 bridgehead atoms. The molecule has 0 radical (unpaired) electrons. The second-order valence-corrected chi connectivity index (χ2v) is 5.99. The highest BCUT2D eigenvalue weighted by molar-refractivity contribution is 9.10. The van der Waals surface area contributed by atoms with E-state index in [-0.39, 0.29) is 17.5 Å². The smallest absolute Gasteiger partial charge is 0.350 e. The van der Waals surface area contributed by atoms with Crippen LogP contribution in [0.25, 0.3) is 10.9 Å². The van der Waals surface area contributed by atoms with E-state index in [2.05, 4.69) is 21.2 Å². The van der Waals surface area contributed by atoms with Gasteiger partial charge in [0.2, 0.25) is 0 Å². The quantitative estimate of drug-likeness (QED) is 0.875. The number of amides is 1. The van der Waals surface area contributed by atoms with Gasteiger partial charge in [0.15, 0.2) is 0 Å². The Kier molecular flexibility index (Phi) is 4.32. The zero-order chi connectivity index (χ0) is 15.8. The number of benzene rings is 1. The highest BCUT2D eigenvalue weighted by Gasteiger charge is 2.29. The molecule has 114 valence electrons. The third-order valence-electron chi connectivity index (χ3n) is 2.86. The summed E-state index contributed by atoms with van der Waals surface area (Å²) in [6.45, 7) is 2.46. The van der Waals surface area contributed by atoms with Gasteiger partial charge in [0.05, 0.1) is 11.1 Å². The predicted octanol–water partition coefficient (Wildman–Crippen LogP) is 4.10. The van der Waals surface area contributed by atoms with Crippen LogP contribution in [0.4, 0.5) is 13.2 Å². The van der Waals surface area contributed by atoms with Crippen molar-refractivity contribution in [2.24, 2.45) is 0 Å². The molecular weight excluding hydrogens is 349 g/mol. The van der Waals surface area contributed by atoms with Crippen LogP contribution in [-0.2, 0) is 6.54 Å². The summed E-state index contributed by atoms with van der Waals surface area (Å²) in [4.78, 5) is 12.1. The minimum atomic E-state index is -4.35. The molecule has 2 aromatic rings. The van der Waals surface area contributed by atoms with Crippen LogP contribution in [0.5, 0.6) is 0 Å². The predicted molar refractivity (Wildman–Crippen MR) is 78.3 cm³/mol. The lowest BCUT2D eigenvalue weighted by molar-refractivity contribution is -0.139. The van der Waals surface area contributed by atoms with E-state index in [9.17, 15) is 18.0 Å². The second-order valence-electron chi connectivity index (χ2n) is 5.08. The van der Waals surface area contributed by atoms with Crippen molar-refractivity contribution in [3.63, 3.8) is 0 Å². The van der Waals surface area contributed by atoms with Crippen LogP contribution in [0, 0.1) is 0 Å². The van der Waals surface area contributed by atoms with E-state index < -0.39 is 12.7 Å². The zero-order valence-corrected chi connectivity index (χ0v) is 13.0. The van der Waals surface area contributed by atoms with E-state index in [1.165, 1.54) is 6.20 Å². The van der Waals surface area contributed by atoms with Crippen molar-refractivity contribution in [3.8, 4) is 0 Å². The molecule has 0 atom stereocenters. The maximum Gasteiger partial charge on any atom is 0.406 e. The first-order valence-electron chi connectivity index (χ1n) is 6.33. The van der Waals surface area contributed by atoms with E-state index in [4.69, 9.17) is 0 Å². The molecule has 0 aliphatic heterocycles. The summed E-state index contributed by atoms with van der Waals surface area (Å²) < 4.78 is 39.7. The van der Waals surface area contributed by atoms with E-state index in [1.54, 1.807) is 32.0 Å². The molecule has 1 aromatic carbocycles. The Morgan fingerprint density at radius 2 is 2.05 bits per heavy atom. The SMILES string of the molecule is CC(C)NC(=O)c1cn(CC(F)(F)F)c2cc(Br)ccc12. The molecule has 1 amide bonds. The molecule has 0 saturated heterocycles. The highest BCUT2D eigenvalue weighted by Crippen LogP contribution is 2.28. The average molecular weight is 363 g/mol. The van der Waals surface area contributed by atoms with Gasteiger partial charge in [-0.2, -0.15) is 13.2 Å². The number of halogens is 4. The Labute approximate surface area is 128 Å². The van der Waals surface area contributed by atoms with Crippen molar-refractivity contribution in [2.45, 2.75) is 32.6 Å². The van der Waals surface area contributed by atoms with Gasteiger partial charge in [0.25, 0.3) is 5.91 Å². The first kappa shape index (κ1) is 15.9. The lowest BCUT2D eigenvalue weighted by Crippen LogP contribution is -2.30. The normalized spacial score (nSPS) is 12.1. The molecule has 1 heterocycles. The molecule has 0 unspecified atom stereocenters. The van der Waals surface area contributed by atoms with Crippen LogP contribution >= 0.6 is 15.9 Å². The van der Waals surface area contributed by atoms with Gasteiger partial charge in [-0.3, -0.25) is 4.79 Å². The number of hydrogen-bond acceptors (Lipinski definition) is 1. The Balaban J connectivity index is 2.54. The fraction of sp³-hybridized carbons (Fsp3) is 0.357. The average Bonchev–Trinajstić information content (AvgIpc) is 2.64. The van der Waals surface area contributed by atoms with Gasteiger partial charge < -0.3 is 9.88 Å². The van der Waals surface area contributed by atoms with Crippen LogP contribution in [0.1, 0.15) is 24.2 Å². The second kappa shape index (κ2) is 5.71. The van der Waals surface area contributed by atoms with Crippen molar-refractivity contribution >= 4 is 32.7 Å². The number of carbonyl (C=O) groups excluding carboxylic acids is 1. The molecule has 0 fully saturated rings. The summed E-state index contributed by atoms with van der Waals surface area (Å²) in [6, 6.07) is 4.83. The van der Waals surface area contributed by atoms with E-state index in [0.29, 0.717) is 15.4 Å². The first-order valence-corrected chi connectivity index (χ1v) is 7.12. The minimum Gasteiger partial charge on any atom is -0.350 e. The number of carbonyl (C=O) groups is 1. The summed E-state index contributed by atoms with van der Waals surface area (Å²) in [7, 11) is 0. The van der Waals surface area contributed by atoms with Gasteiger partial charge in [0.1, 0.15) is 6.54 Å². The van der Waals surface area contributed by atoms with Crippen LogP contribution in [0.15, 0.2) is 28.9 Å². The lowest BCUT2D eigenvalue weighted by Gasteiger charge is -2.09. The highest BCUT2D eigenvalue weighted by atomic mass is 79.9. The van der Waals surface area contributed by atoms with Gasteiger partial charge >= 0.3 is 6.18 Å². The molecular formula is C14H14BrF3N2O. The van der Waals surface area contributed by atoms with Crippen molar-refractivity contribution in [1.82, 2.24) is 9.88 Å². The number of nitrogens with one attached hydrogen (secondary N) is 1. The van der Waals surface area contributed by atoms with Gasteiger partial charge in [-0.15, -0.1) is 0 Å². The largest absolute Gasteiger partial charge is 0.406 e. The van der Waals surface area contributed by atoms with E-state index >= 15 is 0 Å². The Hall–Kier alpha value is -1.50. The third-order valence-corrected chi connectivity index (χ3v) is 3.35. The van der Waals surface area contributed by atoms with E-state index in [0.717, 1.165) is 4.57 Å². The summed E-state index contributed by atoms with van der Waals surface area (Å²) >= 11 is 3.24. The summed E-state index contributed by atoms with van der Waals surface area (Å²) in [5.74, 6) is -0.377. The fourth-order valence-corrected chi connectivity index (χ4v) is 2.46. The Morgan fingerprint density at radius 1 is 1.38 bits per heavy atom. The van der Waals surface area contributed by atoms with Crippen LogP contribution < -0.4 is 5.32 Å². The van der Waals surface area contributed by atoms with Gasteiger partial charge in [-0.05, 0) is 26.0 Å². The third kappa shape index (κ3) is 3.78. The monoisotopic (exact) mass is 362 g/mol. The Morgan fingerprint density at radius 3 is 2.62 bits per heavy atom. The molecule has 1 aromatic heterocycles. The first-order chi connectivity index (χ1) is 9.67. The molecule has 21 heavy (non-hydrogen) atoms. The van der Waals surface area contributed by atoms with Crippen LogP contribution in [0.2, 0.25) is 0 Å². The molecule has 1 N–H and O–H groups in total. The number of hydrogen-bond donors (Lipinski definition) is 1. The maximum absolute atomic E-state index is 12.7. The molecule has 0 aliphatic carbocycles. The fourth-order valence-electron chi connectivity index (χ4n) is 2.11. The van der Waals surface area contributed by atoms with Gasteiger partial charge in [0, 0.05) is 22.1 Å². The summed E-state index contributed by atoms with van der Waals surface area (Å²) in [5, 5.41) is 3.20. The number of nitrogens with zero attached hydrogens (tertiary/aromatic N) is 1. The van der Waals surface area contributed by atoms with Crippen LogP contribution in [0.3, 0.4) is 0 Å². The van der Waals surface area contributed by atoms with Crippen molar-refractivity contribution < 1.29 is 18.0 Å². The van der Waals surface area contributed by atoms with Crippen molar-refractivity contribution in [1.29, 1.82) is 0 Å². The molecule has 3 nitrogen and oxygen atoms in total. The van der Waals surface area contributed by atoms with Gasteiger partial charge in [-0.25, -0.2) is 0 Å². The maximum atomic E-state index is 12.7. The molecule has 7 heteroatoms. The number of rotatable bonds is 3. The molecule has 0 aliphatic rings. The van der Waals surface area contributed by atoms with E-state index in [1.807, 2.05) is 0 Å². The number of aromatic nitrogens is 1. The van der Waals surface area contributed by atoms with Crippen molar-refractivity contribution in [2.75, 3.05) is 0 Å². The number of alkyl halides is 3. The van der Waals surface area contributed by atoms with Crippen LogP contribution in [-0.4, -0.2) is 22.7 Å². The van der Waals surface area contributed by atoms with Gasteiger partial charge in [-0.1, -0.05) is 22.0 Å². The topological polar surface area (TPSA) is 34.0 Å². The standard InChI is InChI=1S/C14H14BrF3N2O/c1-8(2)19-13(21)11-6-20(7-14(16,17)18)12-5-9(15)3-4-10(11)12/h3-6,8H,7H2,1-2H3,(H,19,21). The summed E-state index contributed by atoms with van der Waals surface area (Å²) in [6.07, 6.45) is -3.09. The molecule has 0 saturated carbocycles. The summed E-state index contributed by atoms with van der Waals surface area (Å²) in [5.41, 5.74) is 0.617. The Bertz CT molecular complexity index is 677. The molecule has 2 rings (SSSR count). The lowest BCUT2D eigenvalue weighted by atomic mass is 10.1. The molecule has 0 spiro atoms. The number of fused-ring (bicyclic) bond motifs is 1. The minimum absolute atomic E-state index is 0.0889. The zero-order valence-electron chi connectivity index (χ0n) is 11.5.